The zero-order valence-electron chi connectivity index (χ0n) is 19.1. The predicted molar refractivity (Wildman–Crippen MR) is 136 cm³/mol. The number of piperidine rings is 1. The number of carbonyl (C=O) groups excluding carboxylic acids is 2. The molecule has 7 nitrogen and oxygen atoms in total. The summed E-state index contributed by atoms with van der Waals surface area (Å²) in [7, 11) is -3.84. The summed E-state index contributed by atoms with van der Waals surface area (Å²) in [6.07, 6.45) is 3.18. The van der Waals surface area contributed by atoms with Gasteiger partial charge in [-0.25, -0.2) is 8.42 Å². The maximum absolute atomic E-state index is 13.7. The third-order valence-electron chi connectivity index (χ3n) is 6.44. The minimum absolute atomic E-state index is 0.0192. The molecule has 2 aliphatic rings. The van der Waals surface area contributed by atoms with Crippen molar-refractivity contribution in [3.05, 3.63) is 65.2 Å². The summed E-state index contributed by atoms with van der Waals surface area (Å²) in [6.45, 7) is 6.58. The van der Waals surface area contributed by atoms with Gasteiger partial charge in [0.2, 0.25) is 21.8 Å². The number of sulfonamides is 1. The first-order chi connectivity index (χ1) is 16.2. The summed E-state index contributed by atoms with van der Waals surface area (Å²) in [5, 5.41) is 0. The van der Waals surface area contributed by atoms with Crippen LogP contribution in [0.5, 0.6) is 0 Å². The number of para-hydroxylation sites is 1. The Hall–Kier alpha value is -2.49. The first-order valence-electron chi connectivity index (χ1n) is 11.3. The fraction of sp³-hybridized carbons (Fsp3) is 0.360. The Morgan fingerprint density at radius 2 is 1.82 bits per heavy atom. The molecule has 180 valence electrons. The molecule has 4 rings (SSSR count). The number of hydrogen-bond donors (Lipinski definition) is 0. The van der Waals surface area contributed by atoms with Crippen LogP contribution in [0.2, 0.25) is 0 Å². The van der Waals surface area contributed by atoms with Crippen LogP contribution in [0.4, 0.5) is 11.4 Å². The van der Waals surface area contributed by atoms with Gasteiger partial charge in [0.15, 0.2) is 0 Å². The molecule has 2 amide bonds. The van der Waals surface area contributed by atoms with Crippen molar-refractivity contribution in [3.63, 3.8) is 0 Å². The largest absolute Gasteiger partial charge is 0.311 e. The summed E-state index contributed by atoms with van der Waals surface area (Å²) in [5.74, 6) is -0.465. The van der Waals surface area contributed by atoms with Gasteiger partial charge in [0, 0.05) is 49.2 Å². The average Bonchev–Trinajstić information content (AvgIpc) is 3.26. The Kier molecular flexibility index (Phi) is 7.25. The van der Waals surface area contributed by atoms with Gasteiger partial charge in [-0.05, 0) is 49.1 Å². The Balaban J connectivity index is 1.54. The van der Waals surface area contributed by atoms with Crippen molar-refractivity contribution in [2.75, 3.05) is 36.0 Å². The first kappa shape index (κ1) is 24.6. The number of amides is 2. The quantitative estimate of drug-likeness (QED) is 0.514. The van der Waals surface area contributed by atoms with Gasteiger partial charge in [0.25, 0.3) is 0 Å². The summed E-state index contributed by atoms with van der Waals surface area (Å²) in [4.78, 5) is 28.8. The molecule has 2 aliphatic heterocycles. The predicted octanol–water partition coefficient (Wildman–Crippen LogP) is 3.98. The minimum Gasteiger partial charge on any atom is -0.311 e. The van der Waals surface area contributed by atoms with Crippen molar-refractivity contribution in [2.45, 2.75) is 31.1 Å². The zero-order valence-corrected chi connectivity index (χ0v) is 21.5. The van der Waals surface area contributed by atoms with E-state index >= 15 is 0 Å². The van der Waals surface area contributed by atoms with Crippen molar-refractivity contribution >= 4 is 49.1 Å². The molecule has 0 atom stereocenters. The van der Waals surface area contributed by atoms with E-state index < -0.39 is 10.0 Å². The summed E-state index contributed by atoms with van der Waals surface area (Å²) >= 11 is 3.43. The second kappa shape index (κ2) is 10.0. The van der Waals surface area contributed by atoms with E-state index in [9.17, 15) is 18.0 Å². The molecule has 0 aliphatic carbocycles. The van der Waals surface area contributed by atoms with Gasteiger partial charge in [0.1, 0.15) is 4.90 Å². The normalized spacial score (nSPS) is 16.8. The lowest BCUT2D eigenvalue weighted by Gasteiger charge is -2.34. The second-order valence-electron chi connectivity index (χ2n) is 8.58. The number of fused-ring (bicyclic) bond motifs is 1. The monoisotopic (exact) mass is 545 g/mol. The van der Waals surface area contributed by atoms with E-state index in [1.807, 2.05) is 36.4 Å². The third kappa shape index (κ3) is 4.69. The van der Waals surface area contributed by atoms with Gasteiger partial charge in [-0.1, -0.05) is 40.2 Å². The molecule has 1 fully saturated rings. The summed E-state index contributed by atoms with van der Waals surface area (Å²) in [5.41, 5.74) is 2.13. The van der Waals surface area contributed by atoms with E-state index in [1.54, 1.807) is 17.0 Å². The number of nitrogens with zero attached hydrogens (tertiary/aromatic N) is 3. The maximum Gasteiger partial charge on any atom is 0.245 e. The highest BCUT2D eigenvalue weighted by Crippen LogP contribution is 2.39. The lowest BCUT2D eigenvalue weighted by Crippen LogP contribution is -2.44. The smallest absolute Gasteiger partial charge is 0.245 e. The molecule has 2 aromatic carbocycles. The number of anilines is 2. The molecule has 2 heterocycles. The van der Waals surface area contributed by atoms with E-state index in [4.69, 9.17) is 0 Å². The van der Waals surface area contributed by atoms with Crippen LogP contribution in [0.25, 0.3) is 0 Å². The van der Waals surface area contributed by atoms with Gasteiger partial charge in [-0.15, -0.1) is 6.58 Å². The van der Waals surface area contributed by atoms with Crippen molar-refractivity contribution in [3.8, 4) is 0 Å². The fourth-order valence-corrected chi connectivity index (χ4v) is 7.13. The number of hydrogen-bond acceptors (Lipinski definition) is 4. The Morgan fingerprint density at radius 1 is 1.15 bits per heavy atom. The zero-order chi connectivity index (χ0) is 24.5. The summed E-state index contributed by atoms with van der Waals surface area (Å²) in [6, 6.07) is 12.9. The summed E-state index contributed by atoms with van der Waals surface area (Å²) < 4.78 is 29.4. The van der Waals surface area contributed by atoms with E-state index in [0.717, 1.165) is 11.3 Å². The van der Waals surface area contributed by atoms with E-state index in [1.165, 1.54) is 16.1 Å². The SMILES string of the molecule is C=CCN(C(=O)C1CCN(S(=O)(=O)c2cc(Br)cc3c2N(C(C)=O)CC3)CC1)c1ccccc1. The lowest BCUT2D eigenvalue weighted by molar-refractivity contribution is -0.123. The van der Waals surface area contributed by atoms with Crippen LogP contribution in [-0.2, 0) is 26.0 Å². The number of rotatable bonds is 6. The highest BCUT2D eigenvalue weighted by atomic mass is 79.9. The number of carbonyl (C=O) groups is 2. The highest BCUT2D eigenvalue weighted by molar-refractivity contribution is 9.10. The molecule has 0 saturated carbocycles. The van der Waals surface area contributed by atoms with Crippen molar-refractivity contribution in [1.82, 2.24) is 4.31 Å². The molecule has 0 aromatic heterocycles. The van der Waals surface area contributed by atoms with Gasteiger partial charge in [0.05, 0.1) is 5.69 Å². The average molecular weight is 546 g/mol. The number of benzene rings is 2. The Morgan fingerprint density at radius 3 is 2.44 bits per heavy atom. The van der Waals surface area contributed by atoms with E-state index in [2.05, 4.69) is 22.5 Å². The molecule has 0 unspecified atom stereocenters. The third-order valence-corrected chi connectivity index (χ3v) is 8.81. The molecular formula is C25H28BrN3O4S. The second-order valence-corrected chi connectivity index (χ2v) is 11.4. The molecule has 34 heavy (non-hydrogen) atoms. The molecule has 0 radical (unpaired) electrons. The van der Waals surface area contributed by atoms with Crippen LogP contribution in [-0.4, -0.2) is 50.7 Å². The molecule has 9 heteroatoms. The van der Waals surface area contributed by atoms with Crippen molar-refractivity contribution in [2.24, 2.45) is 5.92 Å². The molecule has 0 spiro atoms. The Bertz CT molecular complexity index is 1210. The van der Waals surface area contributed by atoms with Crippen molar-refractivity contribution < 1.29 is 18.0 Å². The van der Waals surface area contributed by atoms with Crippen LogP contribution in [0.1, 0.15) is 25.3 Å². The van der Waals surface area contributed by atoms with Gasteiger partial charge >= 0.3 is 0 Å². The van der Waals surface area contributed by atoms with Crippen LogP contribution in [0.3, 0.4) is 0 Å². The van der Waals surface area contributed by atoms with Crippen LogP contribution in [0, 0.1) is 5.92 Å². The molecular weight excluding hydrogens is 518 g/mol. The molecule has 0 N–H and O–H groups in total. The van der Waals surface area contributed by atoms with Crippen LogP contribution < -0.4 is 9.80 Å². The van der Waals surface area contributed by atoms with Gasteiger partial charge < -0.3 is 9.80 Å². The van der Waals surface area contributed by atoms with Gasteiger partial charge in [-0.3, -0.25) is 9.59 Å². The van der Waals surface area contributed by atoms with Crippen LogP contribution >= 0.6 is 15.9 Å². The minimum atomic E-state index is -3.84. The van der Waals surface area contributed by atoms with Crippen LogP contribution in [0.15, 0.2) is 64.5 Å². The van der Waals surface area contributed by atoms with E-state index in [-0.39, 0.29) is 35.7 Å². The Labute approximate surface area is 209 Å². The first-order valence-corrected chi connectivity index (χ1v) is 13.6. The van der Waals surface area contributed by atoms with Gasteiger partial charge in [-0.2, -0.15) is 4.31 Å². The van der Waals surface area contributed by atoms with E-state index in [0.29, 0.717) is 42.5 Å². The molecule has 0 bridgehead atoms. The topological polar surface area (TPSA) is 78.0 Å². The maximum atomic E-state index is 13.7. The number of halogens is 1. The lowest BCUT2D eigenvalue weighted by atomic mass is 9.96. The molecule has 1 saturated heterocycles. The van der Waals surface area contributed by atoms with Crippen molar-refractivity contribution in [1.29, 1.82) is 0 Å². The standard InChI is InChI=1S/C25H28BrN3O4S/c1-3-12-29(22-7-5-4-6-8-22)25(31)19-9-13-27(14-10-19)34(32,33)23-17-21(26)16-20-11-15-28(18(2)30)24(20)23/h3-8,16-17,19H,1,9-15H2,2H3. The molecule has 2 aromatic rings. The fourth-order valence-electron chi connectivity index (χ4n) is 4.74. The highest BCUT2D eigenvalue weighted by Gasteiger charge is 2.38.